The summed E-state index contributed by atoms with van der Waals surface area (Å²) in [5.74, 6) is 0.360. The average molecular weight is 209 g/mol. The van der Waals surface area contributed by atoms with Gasteiger partial charge in [-0.1, -0.05) is 25.7 Å². The molecule has 0 N–H and O–H groups in total. The highest BCUT2D eigenvalue weighted by atomic mass is 16.1. The van der Waals surface area contributed by atoms with Crippen LogP contribution in [0.1, 0.15) is 51.9 Å². The molecule has 0 aromatic carbocycles. The zero-order valence-corrected chi connectivity index (χ0v) is 10.1. The number of hydrogen-bond acceptors (Lipinski definition) is 2. The fourth-order valence-electron chi connectivity index (χ4n) is 3.56. The molecule has 1 aliphatic heterocycles. The molecule has 0 bridgehead atoms. The largest absolute Gasteiger partial charge is 0.298 e. The van der Waals surface area contributed by atoms with E-state index in [1.807, 2.05) is 0 Å². The fourth-order valence-corrected chi connectivity index (χ4v) is 3.56. The van der Waals surface area contributed by atoms with Gasteiger partial charge in [-0.25, -0.2) is 0 Å². The summed E-state index contributed by atoms with van der Waals surface area (Å²) in [4.78, 5) is 13.8. The number of Topliss-reactive ketones (excluding diaryl/α,β-unsaturated/α-hetero) is 1. The van der Waals surface area contributed by atoms with Crippen molar-refractivity contribution in [2.75, 3.05) is 13.6 Å². The molecule has 1 spiro atoms. The monoisotopic (exact) mass is 209 g/mol. The first-order valence-corrected chi connectivity index (χ1v) is 6.34. The Balaban J connectivity index is 2.07. The molecular formula is C13H23NO. The summed E-state index contributed by atoms with van der Waals surface area (Å²) in [7, 11) is 2.12. The van der Waals surface area contributed by atoms with Crippen molar-refractivity contribution >= 4 is 5.78 Å². The minimum Gasteiger partial charge on any atom is -0.298 e. The number of ketones is 1. The minimum absolute atomic E-state index is 0.211. The lowest BCUT2D eigenvalue weighted by Gasteiger charge is -2.26. The lowest BCUT2D eigenvalue weighted by molar-refractivity contribution is -0.120. The zero-order chi connectivity index (χ0) is 10.9. The summed E-state index contributed by atoms with van der Waals surface area (Å²) in [5.41, 5.74) is 0.488. The molecule has 1 saturated carbocycles. The van der Waals surface area contributed by atoms with Gasteiger partial charge in [0, 0.05) is 6.54 Å². The molecule has 2 nitrogen and oxygen atoms in total. The van der Waals surface area contributed by atoms with Crippen molar-refractivity contribution in [3.05, 3.63) is 0 Å². The highest BCUT2D eigenvalue weighted by Crippen LogP contribution is 2.44. The maximum absolute atomic E-state index is 11.5. The van der Waals surface area contributed by atoms with Crippen LogP contribution in [0, 0.1) is 5.41 Å². The second kappa shape index (κ2) is 4.25. The fraction of sp³-hybridized carbons (Fsp3) is 0.923. The van der Waals surface area contributed by atoms with E-state index in [0.29, 0.717) is 11.2 Å². The third-order valence-corrected chi connectivity index (χ3v) is 4.38. The van der Waals surface area contributed by atoms with Gasteiger partial charge in [-0.3, -0.25) is 9.69 Å². The van der Waals surface area contributed by atoms with Crippen molar-refractivity contribution in [1.82, 2.24) is 4.90 Å². The SMILES string of the molecule is CC(=O)C1CC2(CCCCCC2)CN1C. The maximum atomic E-state index is 11.5. The minimum atomic E-state index is 0.211. The summed E-state index contributed by atoms with van der Waals surface area (Å²) in [5, 5.41) is 0. The highest BCUT2D eigenvalue weighted by Gasteiger charge is 2.43. The first-order chi connectivity index (χ1) is 7.13. The van der Waals surface area contributed by atoms with Crippen LogP contribution in [0.25, 0.3) is 0 Å². The van der Waals surface area contributed by atoms with Crippen LogP contribution in [0.3, 0.4) is 0 Å². The lowest BCUT2D eigenvalue weighted by Crippen LogP contribution is -2.31. The van der Waals surface area contributed by atoms with Gasteiger partial charge in [0.15, 0.2) is 0 Å². The van der Waals surface area contributed by atoms with Gasteiger partial charge < -0.3 is 0 Å². The van der Waals surface area contributed by atoms with Gasteiger partial charge in [0.25, 0.3) is 0 Å². The van der Waals surface area contributed by atoms with Gasteiger partial charge >= 0.3 is 0 Å². The summed E-state index contributed by atoms with van der Waals surface area (Å²) in [6.45, 7) is 2.90. The molecule has 1 aliphatic carbocycles. The number of likely N-dealkylation sites (N-methyl/N-ethyl adjacent to an activating group) is 1. The quantitative estimate of drug-likeness (QED) is 0.661. The second-order valence-corrected chi connectivity index (χ2v) is 5.66. The van der Waals surface area contributed by atoms with E-state index < -0.39 is 0 Å². The van der Waals surface area contributed by atoms with E-state index in [9.17, 15) is 4.79 Å². The van der Waals surface area contributed by atoms with E-state index in [-0.39, 0.29) is 6.04 Å². The molecule has 1 atom stereocenters. The van der Waals surface area contributed by atoms with Gasteiger partial charge in [0.2, 0.25) is 0 Å². The van der Waals surface area contributed by atoms with Gasteiger partial charge in [-0.2, -0.15) is 0 Å². The molecule has 1 unspecified atom stereocenters. The van der Waals surface area contributed by atoms with Crippen LogP contribution < -0.4 is 0 Å². The smallest absolute Gasteiger partial charge is 0.146 e. The van der Waals surface area contributed by atoms with E-state index >= 15 is 0 Å². The van der Waals surface area contributed by atoms with E-state index in [2.05, 4.69) is 11.9 Å². The summed E-state index contributed by atoms with van der Waals surface area (Å²) in [6, 6.07) is 0.211. The Morgan fingerprint density at radius 3 is 2.27 bits per heavy atom. The normalized spacial score (nSPS) is 31.7. The first kappa shape index (κ1) is 11.1. The molecule has 86 valence electrons. The third kappa shape index (κ3) is 2.25. The number of nitrogens with zero attached hydrogens (tertiary/aromatic N) is 1. The predicted octanol–water partition coefficient (Wildman–Crippen LogP) is 2.62. The van der Waals surface area contributed by atoms with Gasteiger partial charge in [0.1, 0.15) is 5.78 Å². The standard InChI is InChI=1S/C13H23NO/c1-11(15)12-9-13(10-14(12)2)7-5-3-4-6-8-13/h12H,3-10H2,1-2H3. The molecule has 2 rings (SSSR count). The van der Waals surface area contributed by atoms with Crippen LogP contribution >= 0.6 is 0 Å². The van der Waals surface area contributed by atoms with E-state index in [1.54, 1.807) is 6.92 Å². The van der Waals surface area contributed by atoms with Crippen molar-refractivity contribution in [1.29, 1.82) is 0 Å². The van der Waals surface area contributed by atoms with Crippen molar-refractivity contribution in [3.63, 3.8) is 0 Å². The molecule has 2 aliphatic rings. The van der Waals surface area contributed by atoms with Crippen LogP contribution in [0.4, 0.5) is 0 Å². The van der Waals surface area contributed by atoms with Gasteiger partial charge in [-0.05, 0) is 38.6 Å². The maximum Gasteiger partial charge on any atom is 0.146 e. The Bertz CT molecular complexity index is 241. The van der Waals surface area contributed by atoms with E-state index in [0.717, 1.165) is 13.0 Å². The van der Waals surface area contributed by atoms with Crippen LogP contribution in [0.2, 0.25) is 0 Å². The van der Waals surface area contributed by atoms with E-state index in [1.165, 1.54) is 38.5 Å². The second-order valence-electron chi connectivity index (χ2n) is 5.66. The van der Waals surface area contributed by atoms with Gasteiger partial charge in [-0.15, -0.1) is 0 Å². The average Bonchev–Trinajstić information content (AvgIpc) is 2.36. The Hall–Kier alpha value is -0.370. The molecule has 2 heteroatoms. The summed E-state index contributed by atoms with van der Waals surface area (Å²) < 4.78 is 0. The molecule has 2 fully saturated rings. The number of carbonyl (C=O) groups excluding carboxylic acids is 1. The van der Waals surface area contributed by atoms with Crippen LogP contribution in [0.5, 0.6) is 0 Å². The van der Waals surface area contributed by atoms with Crippen molar-refractivity contribution in [3.8, 4) is 0 Å². The van der Waals surface area contributed by atoms with Crippen LogP contribution in [-0.2, 0) is 4.79 Å². The van der Waals surface area contributed by atoms with Crippen molar-refractivity contribution in [2.24, 2.45) is 5.41 Å². The Morgan fingerprint density at radius 2 is 1.80 bits per heavy atom. The lowest BCUT2D eigenvalue weighted by atomic mass is 9.78. The van der Waals surface area contributed by atoms with Crippen molar-refractivity contribution < 1.29 is 4.79 Å². The number of carbonyl (C=O) groups is 1. The number of likely N-dealkylation sites (tertiary alicyclic amines) is 1. The topological polar surface area (TPSA) is 20.3 Å². The first-order valence-electron chi connectivity index (χ1n) is 6.34. The molecule has 1 saturated heterocycles. The predicted molar refractivity (Wildman–Crippen MR) is 61.9 cm³/mol. The third-order valence-electron chi connectivity index (χ3n) is 4.38. The number of hydrogen-bond donors (Lipinski definition) is 0. The van der Waals surface area contributed by atoms with Crippen molar-refractivity contribution in [2.45, 2.75) is 57.9 Å². The Labute approximate surface area is 93.0 Å². The molecule has 15 heavy (non-hydrogen) atoms. The van der Waals surface area contributed by atoms with E-state index in [4.69, 9.17) is 0 Å². The molecule has 1 heterocycles. The zero-order valence-electron chi connectivity index (χ0n) is 10.1. The number of rotatable bonds is 1. The van der Waals surface area contributed by atoms with Crippen LogP contribution in [-0.4, -0.2) is 30.3 Å². The molecule has 0 aromatic rings. The highest BCUT2D eigenvalue weighted by molar-refractivity contribution is 5.81. The van der Waals surface area contributed by atoms with Crippen LogP contribution in [0.15, 0.2) is 0 Å². The summed E-state index contributed by atoms with van der Waals surface area (Å²) in [6.07, 6.45) is 9.37. The molecule has 0 radical (unpaired) electrons. The Morgan fingerprint density at radius 1 is 1.20 bits per heavy atom. The summed E-state index contributed by atoms with van der Waals surface area (Å²) >= 11 is 0. The Kier molecular flexibility index (Phi) is 3.15. The molecule has 0 aromatic heterocycles. The molecule has 0 amide bonds. The molecular weight excluding hydrogens is 186 g/mol. The van der Waals surface area contributed by atoms with Gasteiger partial charge in [0.05, 0.1) is 6.04 Å².